The second-order valence-electron chi connectivity index (χ2n) is 6.98. The molecule has 0 bridgehead atoms. The summed E-state index contributed by atoms with van der Waals surface area (Å²) in [7, 11) is 1.97. The number of nitrogens with zero attached hydrogens (tertiary/aromatic N) is 3. The van der Waals surface area contributed by atoms with Gasteiger partial charge in [-0.1, -0.05) is 0 Å². The van der Waals surface area contributed by atoms with E-state index in [-0.39, 0.29) is 17.3 Å². The minimum Gasteiger partial charge on any atom is -0.507 e. The molecule has 1 saturated heterocycles. The number of phenolic OH excluding ortho intramolecular Hbond substituents is 1. The van der Waals surface area contributed by atoms with Gasteiger partial charge in [0.1, 0.15) is 11.5 Å². The Kier molecular flexibility index (Phi) is 5.19. The minimum absolute atomic E-state index is 0.136. The van der Waals surface area contributed by atoms with Crippen molar-refractivity contribution in [3.63, 3.8) is 0 Å². The Balaban J connectivity index is 1.84. The summed E-state index contributed by atoms with van der Waals surface area (Å²) in [5.41, 5.74) is 0.902. The molecule has 144 valence electrons. The normalized spacial score (nSPS) is 18.7. The molecule has 5 nitrogen and oxygen atoms in total. The Hall–Kier alpha value is -2.48. The molecule has 1 unspecified atom stereocenters. The lowest BCUT2D eigenvalue weighted by atomic mass is 9.91. The van der Waals surface area contributed by atoms with Crippen LogP contribution >= 0.6 is 0 Å². The standard InChI is InChI=1S/C19H20F3N3O2/c1-11-7-14(8-12-10-25(2)6-5-16(12)26)23-24-18(11)15-4-3-13(9-17(15)27)19(20,21)22/h3-4,7,9,12,27H,5-6,8,10H2,1-2H3. The third kappa shape index (κ3) is 4.27. The van der Waals surface area contributed by atoms with Crippen molar-refractivity contribution in [2.45, 2.75) is 25.9 Å². The lowest BCUT2D eigenvalue weighted by Gasteiger charge is -2.28. The van der Waals surface area contributed by atoms with E-state index in [9.17, 15) is 23.1 Å². The van der Waals surface area contributed by atoms with Crippen molar-refractivity contribution < 1.29 is 23.1 Å². The number of hydrogen-bond acceptors (Lipinski definition) is 5. The molecule has 27 heavy (non-hydrogen) atoms. The highest BCUT2D eigenvalue weighted by Crippen LogP contribution is 2.36. The second kappa shape index (κ2) is 7.26. The molecule has 0 radical (unpaired) electrons. The van der Waals surface area contributed by atoms with Crippen LogP contribution in [-0.2, 0) is 17.4 Å². The average molecular weight is 379 g/mol. The van der Waals surface area contributed by atoms with Crippen LogP contribution in [-0.4, -0.2) is 46.1 Å². The number of benzene rings is 1. The largest absolute Gasteiger partial charge is 0.507 e. The number of aromatic hydroxyl groups is 1. The van der Waals surface area contributed by atoms with Gasteiger partial charge in [-0.25, -0.2) is 0 Å². The number of aromatic nitrogens is 2. The molecule has 1 N–H and O–H groups in total. The first-order valence-corrected chi connectivity index (χ1v) is 8.60. The molecule has 1 aromatic heterocycles. The molecule has 1 aromatic carbocycles. The SMILES string of the molecule is Cc1cc(CC2CN(C)CCC2=O)nnc1-c1ccc(C(F)(F)F)cc1O. The highest BCUT2D eigenvalue weighted by atomic mass is 19.4. The van der Waals surface area contributed by atoms with Crippen LogP contribution in [0.25, 0.3) is 11.3 Å². The number of carbonyl (C=O) groups is 1. The maximum absolute atomic E-state index is 12.7. The fourth-order valence-corrected chi connectivity index (χ4v) is 3.32. The Morgan fingerprint density at radius 1 is 1.26 bits per heavy atom. The molecular weight excluding hydrogens is 359 g/mol. The van der Waals surface area contributed by atoms with Crippen molar-refractivity contribution in [2.24, 2.45) is 5.92 Å². The van der Waals surface area contributed by atoms with Gasteiger partial charge in [-0.15, -0.1) is 5.10 Å². The molecule has 1 atom stereocenters. The molecular formula is C19H20F3N3O2. The first-order chi connectivity index (χ1) is 12.6. The number of alkyl halides is 3. The monoisotopic (exact) mass is 379 g/mol. The van der Waals surface area contributed by atoms with Gasteiger partial charge in [0.25, 0.3) is 0 Å². The number of aryl methyl sites for hydroxylation is 1. The van der Waals surface area contributed by atoms with Gasteiger partial charge in [0, 0.05) is 37.4 Å². The number of likely N-dealkylation sites (tertiary alicyclic amines) is 1. The van der Waals surface area contributed by atoms with E-state index in [0.29, 0.717) is 42.4 Å². The Morgan fingerprint density at radius 3 is 2.63 bits per heavy atom. The first kappa shape index (κ1) is 19.3. The van der Waals surface area contributed by atoms with Gasteiger partial charge in [-0.05, 0) is 43.8 Å². The van der Waals surface area contributed by atoms with Crippen LogP contribution in [0.15, 0.2) is 24.3 Å². The fourth-order valence-electron chi connectivity index (χ4n) is 3.32. The molecule has 8 heteroatoms. The van der Waals surface area contributed by atoms with Gasteiger partial charge in [0.05, 0.1) is 17.0 Å². The summed E-state index contributed by atoms with van der Waals surface area (Å²) in [6, 6.07) is 4.54. The van der Waals surface area contributed by atoms with Crippen molar-refractivity contribution >= 4 is 5.78 Å². The Morgan fingerprint density at radius 2 is 2.00 bits per heavy atom. The van der Waals surface area contributed by atoms with Gasteiger partial charge in [0.2, 0.25) is 0 Å². The van der Waals surface area contributed by atoms with E-state index in [1.165, 1.54) is 6.07 Å². The van der Waals surface area contributed by atoms with Crippen molar-refractivity contribution in [2.75, 3.05) is 20.1 Å². The van der Waals surface area contributed by atoms with Crippen LogP contribution in [0.4, 0.5) is 13.2 Å². The maximum atomic E-state index is 12.7. The fraction of sp³-hybridized carbons (Fsp3) is 0.421. The molecule has 1 fully saturated rings. The third-order valence-corrected chi connectivity index (χ3v) is 4.80. The van der Waals surface area contributed by atoms with Crippen LogP contribution in [0.3, 0.4) is 0 Å². The van der Waals surface area contributed by atoms with Crippen LogP contribution in [0.5, 0.6) is 5.75 Å². The zero-order valence-corrected chi connectivity index (χ0v) is 15.0. The number of hydrogen-bond donors (Lipinski definition) is 1. The quantitative estimate of drug-likeness (QED) is 0.887. The van der Waals surface area contributed by atoms with Gasteiger partial charge < -0.3 is 10.0 Å². The summed E-state index contributed by atoms with van der Waals surface area (Å²) in [6.45, 7) is 3.17. The number of ketones is 1. The number of halogens is 3. The molecule has 1 aliphatic rings. The van der Waals surface area contributed by atoms with Crippen LogP contribution in [0.1, 0.15) is 23.2 Å². The van der Waals surface area contributed by atoms with E-state index < -0.39 is 17.5 Å². The van der Waals surface area contributed by atoms with E-state index in [4.69, 9.17) is 0 Å². The molecule has 2 aromatic rings. The number of rotatable bonds is 3. The van der Waals surface area contributed by atoms with Crippen molar-refractivity contribution in [3.8, 4) is 17.0 Å². The zero-order valence-electron chi connectivity index (χ0n) is 15.0. The van der Waals surface area contributed by atoms with E-state index in [2.05, 4.69) is 15.1 Å². The minimum atomic E-state index is -4.53. The number of Topliss-reactive ketones (excluding diaryl/α,β-unsaturated/α-hetero) is 1. The molecule has 0 saturated carbocycles. The van der Waals surface area contributed by atoms with E-state index in [1.807, 2.05) is 7.05 Å². The highest BCUT2D eigenvalue weighted by Gasteiger charge is 2.31. The number of phenols is 1. The summed E-state index contributed by atoms with van der Waals surface area (Å²) in [5, 5.41) is 18.2. The van der Waals surface area contributed by atoms with Crippen LogP contribution in [0.2, 0.25) is 0 Å². The summed E-state index contributed by atoms with van der Waals surface area (Å²) < 4.78 is 38.2. The Labute approximate surface area is 154 Å². The molecule has 2 heterocycles. The highest BCUT2D eigenvalue weighted by molar-refractivity contribution is 5.82. The predicted octanol–water partition coefficient (Wildman–Crippen LogP) is 3.24. The van der Waals surface area contributed by atoms with Crippen molar-refractivity contribution in [1.29, 1.82) is 0 Å². The average Bonchev–Trinajstić information content (AvgIpc) is 2.58. The van der Waals surface area contributed by atoms with Crippen LogP contribution < -0.4 is 0 Å². The molecule has 0 spiro atoms. The van der Waals surface area contributed by atoms with E-state index >= 15 is 0 Å². The van der Waals surface area contributed by atoms with Crippen molar-refractivity contribution in [3.05, 3.63) is 41.1 Å². The Bertz CT molecular complexity index is 868. The lowest BCUT2D eigenvalue weighted by molar-refractivity contribution is -0.137. The first-order valence-electron chi connectivity index (χ1n) is 8.60. The molecule has 3 rings (SSSR count). The molecule has 0 aliphatic carbocycles. The van der Waals surface area contributed by atoms with E-state index in [0.717, 1.165) is 12.6 Å². The van der Waals surface area contributed by atoms with Gasteiger partial charge in [-0.3, -0.25) is 4.79 Å². The molecule has 1 aliphatic heterocycles. The molecule has 0 amide bonds. The maximum Gasteiger partial charge on any atom is 0.416 e. The smallest absolute Gasteiger partial charge is 0.416 e. The second-order valence-corrected chi connectivity index (χ2v) is 6.98. The van der Waals surface area contributed by atoms with Crippen LogP contribution in [0, 0.1) is 12.8 Å². The van der Waals surface area contributed by atoms with Gasteiger partial charge >= 0.3 is 6.18 Å². The summed E-state index contributed by atoms with van der Waals surface area (Å²) in [4.78, 5) is 14.2. The summed E-state index contributed by atoms with van der Waals surface area (Å²) in [5.74, 6) is -0.432. The van der Waals surface area contributed by atoms with E-state index in [1.54, 1.807) is 13.0 Å². The predicted molar refractivity (Wildman–Crippen MR) is 93.2 cm³/mol. The summed E-state index contributed by atoms with van der Waals surface area (Å²) >= 11 is 0. The van der Waals surface area contributed by atoms with Crippen molar-refractivity contribution in [1.82, 2.24) is 15.1 Å². The lowest BCUT2D eigenvalue weighted by Crippen LogP contribution is -2.39. The van der Waals surface area contributed by atoms with Gasteiger partial charge in [-0.2, -0.15) is 18.3 Å². The third-order valence-electron chi connectivity index (χ3n) is 4.80. The summed E-state index contributed by atoms with van der Waals surface area (Å²) in [6.07, 6.45) is -3.54. The number of piperidine rings is 1. The topological polar surface area (TPSA) is 66.3 Å². The number of carbonyl (C=O) groups excluding carboxylic acids is 1. The van der Waals surface area contributed by atoms with Gasteiger partial charge in [0.15, 0.2) is 0 Å². The zero-order chi connectivity index (χ0) is 19.8.